The highest BCUT2D eigenvalue weighted by Crippen LogP contribution is 2.25. The summed E-state index contributed by atoms with van der Waals surface area (Å²) in [6.07, 6.45) is -2.76. The predicted octanol–water partition coefficient (Wildman–Crippen LogP) is -0.447. The molecular weight excluding hydrogens is 300 g/mol. The molecule has 0 bridgehead atoms. The highest BCUT2D eigenvalue weighted by molar-refractivity contribution is 5.91. The van der Waals surface area contributed by atoms with Crippen LogP contribution in [0.4, 0.5) is 0 Å². The number of aliphatic hydroxyl groups is 1. The lowest BCUT2D eigenvalue weighted by molar-refractivity contribution is -0.176. The number of carboxylic acid groups (broad SMARTS) is 2. The molecule has 0 fully saturated rings. The molecule has 0 spiro atoms. The fourth-order valence-corrected chi connectivity index (χ4v) is 1.35. The van der Waals surface area contributed by atoms with Gasteiger partial charge in [0.2, 0.25) is 6.10 Å². The smallest absolute Gasteiger partial charge is 0.348 e. The topological polar surface area (TPSA) is 162 Å². The third-order valence-corrected chi connectivity index (χ3v) is 2.44. The number of ether oxygens (including phenoxy) is 1. The number of rotatable bonds is 6. The molecule has 0 radical (unpaired) electrons. The van der Waals surface area contributed by atoms with Crippen molar-refractivity contribution in [3.63, 3.8) is 0 Å². The van der Waals surface area contributed by atoms with Gasteiger partial charge in [0, 0.05) is 6.08 Å². The van der Waals surface area contributed by atoms with Crippen molar-refractivity contribution in [1.29, 1.82) is 0 Å². The Morgan fingerprint density at radius 1 is 1.05 bits per heavy atom. The number of esters is 1. The first-order valence-corrected chi connectivity index (χ1v) is 5.76. The molecule has 0 aromatic heterocycles. The lowest BCUT2D eigenvalue weighted by atomic mass is 10.2. The molecule has 9 nitrogen and oxygen atoms in total. The van der Waals surface area contributed by atoms with Crippen molar-refractivity contribution < 1.29 is 44.7 Å². The highest BCUT2D eigenvalue weighted by Gasteiger charge is 2.35. The summed E-state index contributed by atoms with van der Waals surface area (Å²) in [6, 6.07) is 3.63. The Kier molecular flexibility index (Phi) is 5.47. The van der Waals surface area contributed by atoms with Gasteiger partial charge in [0.15, 0.2) is 17.6 Å². The maximum Gasteiger partial charge on any atom is 0.348 e. The number of aromatic hydroxyl groups is 2. The van der Waals surface area contributed by atoms with E-state index in [-0.39, 0.29) is 11.3 Å². The Bertz CT molecular complexity index is 620. The van der Waals surface area contributed by atoms with Gasteiger partial charge >= 0.3 is 17.9 Å². The van der Waals surface area contributed by atoms with E-state index in [9.17, 15) is 19.5 Å². The summed E-state index contributed by atoms with van der Waals surface area (Å²) in [7, 11) is 0. The number of aliphatic hydroxyl groups excluding tert-OH is 1. The van der Waals surface area contributed by atoms with Gasteiger partial charge in [-0.1, -0.05) is 6.07 Å². The van der Waals surface area contributed by atoms with E-state index in [2.05, 4.69) is 4.74 Å². The van der Waals surface area contributed by atoms with Gasteiger partial charge in [-0.2, -0.15) is 0 Å². The fraction of sp³-hybridized carbons (Fsp3) is 0.154. The van der Waals surface area contributed by atoms with Gasteiger partial charge in [-0.05, 0) is 23.8 Å². The molecule has 0 aliphatic rings. The van der Waals surface area contributed by atoms with Crippen LogP contribution in [-0.4, -0.2) is 55.6 Å². The minimum atomic E-state index is -2.41. The summed E-state index contributed by atoms with van der Waals surface area (Å²) < 4.78 is 4.34. The average Bonchev–Trinajstić information content (AvgIpc) is 2.44. The van der Waals surface area contributed by atoms with Crippen LogP contribution in [0.1, 0.15) is 5.56 Å². The molecule has 1 rings (SSSR count). The van der Waals surface area contributed by atoms with Gasteiger partial charge in [-0.3, -0.25) is 0 Å². The van der Waals surface area contributed by atoms with E-state index >= 15 is 0 Å². The zero-order valence-electron chi connectivity index (χ0n) is 10.9. The first-order valence-electron chi connectivity index (χ1n) is 5.76. The number of phenolic OH excluding ortho intramolecular Hbond substituents is 2. The lowest BCUT2D eigenvalue weighted by Gasteiger charge is -2.15. The Morgan fingerprint density at radius 2 is 1.68 bits per heavy atom. The zero-order chi connectivity index (χ0) is 16.9. The average molecular weight is 312 g/mol. The standard InChI is InChI=1S/C13H12O9/c14-7-3-1-6(5-8(7)15)2-4-9(16)22-11(13(20)21)10(17)12(18)19/h1-5,10-11,14-15,17H,(H,18,19)(H,20,21)/t10-,11-/m1/s1. The second-order valence-electron chi connectivity index (χ2n) is 4.06. The molecule has 0 unspecified atom stereocenters. The van der Waals surface area contributed by atoms with Gasteiger partial charge in [0.1, 0.15) is 0 Å². The molecule has 22 heavy (non-hydrogen) atoms. The van der Waals surface area contributed by atoms with Crippen LogP contribution < -0.4 is 0 Å². The van der Waals surface area contributed by atoms with E-state index in [1.165, 1.54) is 6.07 Å². The van der Waals surface area contributed by atoms with Crippen LogP contribution in [0.25, 0.3) is 6.08 Å². The molecule has 9 heteroatoms. The maximum absolute atomic E-state index is 11.4. The van der Waals surface area contributed by atoms with Crippen molar-refractivity contribution in [2.24, 2.45) is 0 Å². The van der Waals surface area contributed by atoms with Gasteiger partial charge in [0.05, 0.1) is 0 Å². The molecule has 1 aromatic rings. The van der Waals surface area contributed by atoms with E-state index in [1.807, 2.05) is 0 Å². The zero-order valence-corrected chi connectivity index (χ0v) is 10.9. The first-order chi connectivity index (χ1) is 10.2. The van der Waals surface area contributed by atoms with E-state index in [4.69, 9.17) is 20.4 Å². The lowest BCUT2D eigenvalue weighted by Crippen LogP contribution is -2.42. The van der Waals surface area contributed by atoms with E-state index < -0.39 is 35.9 Å². The monoisotopic (exact) mass is 312 g/mol. The number of carbonyl (C=O) groups is 3. The van der Waals surface area contributed by atoms with Crippen molar-refractivity contribution in [1.82, 2.24) is 0 Å². The molecule has 0 saturated heterocycles. The molecule has 2 atom stereocenters. The number of benzene rings is 1. The fourth-order valence-electron chi connectivity index (χ4n) is 1.35. The first kappa shape index (κ1) is 17.0. The quantitative estimate of drug-likeness (QED) is 0.266. The van der Waals surface area contributed by atoms with Crippen LogP contribution in [-0.2, 0) is 19.1 Å². The van der Waals surface area contributed by atoms with Crippen molar-refractivity contribution in [2.45, 2.75) is 12.2 Å². The number of hydrogen-bond donors (Lipinski definition) is 5. The number of carbonyl (C=O) groups excluding carboxylic acids is 1. The molecule has 118 valence electrons. The molecule has 0 aliphatic heterocycles. The summed E-state index contributed by atoms with van der Waals surface area (Å²) in [5.74, 6) is -5.68. The van der Waals surface area contributed by atoms with Crippen molar-refractivity contribution in [2.75, 3.05) is 0 Å². The molecular formula is C13H12O9. The summed E-state index contributed by atoms with van der Waals surface area (Å²) in [4.78, 5) is 32.7. The van der Waals surface area contributed by atoms with E-state index in [1.54, 1.807) is 0 Å². The van der Waals surface area contributed by atoms with Crippen molar-refractivity contribution >= 4 is 24.0 Å². The predicted molar refractivity (Wildman–Crippen MR) is 70.0 cm³/mol. The van der Waals surface area contributed by atoms with Gasteiger partial charge in [0.25, 0.3) is 0 Å². The molecule has 1 aromatic carbocycles. The highest BCUT2D eigenvalue weighted by atomic mass is 16.6. The Morgan fingerprint density at radius 3 is 2.18 bits per heavy atom. The molecule has 0 saturated carbocycles. The van der Waals surface area contributed by atoms with Crippen LogP contribution in [0.3, 0.4) is 0 Å². The Balaban J connectivity index is 2.78. The SMILES string of the molecule is O=C(C=Cc1ccc(O)c(O)c1)O[C@@H](C(=O)O)[C@@H](O)C(=O)O. The number of aliphatic carboxylic acids is 2. The Labute approximate surface area is 123 Å². The minimum Gasteiger partial charge on any atom is -0.504 e. The molecule has 0 heterocycles. The minimum absolute atomic E-state index is 0.290. The number of hydrogen-bond acceptors (Lipinski definition) is 7. The number of phenols is 2. The summed E-state index contributed by atoms with van der Waals surface area (Å²) >= 11 is 0. The van der Waals surface area contributed by atoms with Crippen LogP contribution in [0.5, 0.6) is 11.5 Å². The molecule has 0 aliphatic carbocycles. The third kappa shape index (κ3) is 4.49. The second-order valence-corrected chi connectivity index (χ2v) is 4.06. The third-order valence-electron chi connectivity index (χ3n) is 2.44. The van der Waals surface area contributed by atoms with Crippen LogP contribution in [0, 0.1) is 0 Å². The summed E-state index contributed by atoms with van der Waals surface area (Å²) in [5.41, 5.74) is 0.290. The number of carboxylic acids is 2. The largest absolute Gasteiger partial charge is 0.504 e. The maximum atomic E-state index is 11.4. The van der Waals surface area contributed by atoms with Gasteiger partial charge in [-0.15, -0.1) is 0 Å². The van der Waals surface area contributed by atoms with E-state index in [0.29, 0.717) is 0 Å². The van der Waals surface area contributed by atoms with Crippen molar-refractivity contribution in [3.8, 4) is 11.5 Å². The second kappa shape index (κ2) is 7.09. The summed E-state index contributed by atoms with van der Waals surface area (Å²) in [5, 5.41) is 44.7. The van der Waals surface area contributed by atoms with Crippen LogP contribution >= 0.6 is 0 Å². The van der Waals surface area contributed by atoms with E-state index in [0.717, 1.165) is 24.3 Å². The summed E-state index contributed by atoms with van der Waals surface area (Å²) in [6.45, 7) is 0. The molecule has 0 amide bonds. The van der Waals surface area contributed by atoms with Crippen LogP contribution in [0.2, 0.25) is 0 Å². The normalized spacial score (nSPS) is 13.5. The molecule has 5 N–H and O–H groups in total. The van der Waals surface area contributed by atoms with Gasteiger partial charge in [-0.25, -0.2) is 14.4 Å². The van der Waals surface area contributed by atoms with Crippen molar-refractivity contribution in [3.05, 3.63) is 29.8 Å². The van der Waals surface area contributed by atoms with Crippen LogP contribution in [0.15, 0.2) is 24.3 Å². The Hall–Kier alpha value is -3.07. The van der Waals surface area contributed by atoms with Gasteiger partial charge < -0.3 is 30.3 Å².